The van der Waals surface area contributed by atoms with Gasteiger partial charge in [0.15, 0.2) is 0 Å². The lowest BCUT2D eigenvalue weighted by Crippen LogP contribution is -2.32. The summed E-state index contributed by atoms with van der Waals surface area (Å²) < 4.78 is 1.42. The van der Waals surface area contributed by atoms with Gasteiger partial charge in [0.1, 0.15) is 11.6 Å². The molecule has 17 heavy (non-hydrogen) atoms. The zero-order valence-corrected chi connectivity index (χ0v) is 10.4. The Morgan fingerprint density at radius 3 is 2.53 bits per heavy atom. The average molecular weight is 235 g/mol. The van der Waals surface area contributed by atoms with Crippen molar-refractivity contribution in [2.24, 2.45) is 5.92 Å². The first kappa shape index (κ1) is 13.2. The highest BCUT2D eigenvalue weighted by Crippen LogP contribution is 2.14. The molecule has 0 bridgehead atoms. The molecule has 92 valence electrons. The molecule has 1 aromatic heterocycles. The van der Waals surface area contributed by atoms with Gasteiger partial charge in [-0.05, 0) is 25.7 Å². The van der Waals surface area contributed by atoms with Crippen molar-refractivity contribution in [1.29, 1.82) is 5.26 Å². The Hall–Kier alpha value is -1.83. The summed E-state index contributed by atoms with van der Waals surface area (Å²) in [6.45, 7) is 6.13. The van der Waals surface area contributed by atoms with Crippen LogP contribution in [0, 0.1) is 17.2 Å². The third-order valence-corrected chi connectivity index (χ3v) is 2.72. The van der Waals surface area contributed by atoms with E-state index in [2.05, 4.69) is 18.8 Å². The summed E-state index contributed by atoms with van der Waals surface area (Å²) in [5, 5.41) is 8.75. The summed E-state index contributed by atoms with van der Waals surface area (Å²) >= 11 is 0. The zero-order valence-electron chi connectivity index (χ0n) is 10.4. The number of hydrogen-bond donors (Lipinski definition) is 1. The fourth-order valence-electron chi connectivity index (χ4n) is 1.61. The van der Waals surface area contributed by atoms with E-state index in [-0.39, 0.29) is 11.6 Å². The van der Waals surface area contributed by atoms with E-state index in [1.807, 2.05) is 6.92 Å². The van der Waals surface area contributed by atoms with Crippen LogP contribution < -0.4 is 11.2 Å². The predicted octanol–water partition coefficient (Wildman–Crippen LogP) is 1.41. The van der Waals surface area contributed by atoms with Gasteiger partial charge >= 0.3 is 5.69 Å². The summed E-state index contributed by atoms with van der Waals surface area (Å²) in [6, 6.07) is 1.76. The topological polar surface area (TPSA) is 78.7 Å². The van der Waals surface area contributed by atoms with Crippen LogP contribution in [0.1, 0.15) is 45.2 Å². The highest BCUT2D eigenvalue weighted by molar-refractivity contribution is 5.21. The molecule has 1 heterocycles. The monoisotopic (exact) mass is 235 g/mol. The molecule has 0 radical (unpaired) electrons. The van der Waals surface area contributed by atoms with Crippen LogP contribution in [0.3, 0.4) is 0 Å². The molecule has 0 aliphatic heterocycles. The second-order valence-electron chi connectivity index (χ2n) is 4.64. The molecule has 0 saturated carbocycles. The smallest absolute Gasteiger partial charge is 0.296 e. The van der Waals surface area contributed by atoms with Gasteiger partial charge < -0.3 is 0 Å². The number of nitrogens with zero attached hydrogens (tertiary/aromatic N) is 2. The summed E-state index contributed by atoms with van der Waals surface area (Å²) in [7, 11) is 0. The standard InChI is InChI=1S/C12H17N3O2/c1-8(2)4-5-9(3)15-7-10(6-13)11(16)14-12(15)17/h7-9H,4-5H2,1-3H3,(H,14,16,17). The Balaban J connectivity index is 3.02. The van der Waals surface area contributed by atoms with Crippen molar-refractivity contribution < 1.29 is 0 Å². The van der Waals surface area contributed by atoms with Crippen molar-refractivity contribution in [3.05, 3.63) is 32.6 Å². The van der Waals surface area contributed by atoms with Crippen LogP contribution in [-0.2, 0) is 0 Å². The first-order valence-corrected chi connectivity index (χ1v) is 5.71. The van der Waals surface area contributed by atoms with Crippen molar-refractivity contribution in [1.82, 2.24) is 9.55 Å². The maximum atomic E-state index is 11.6. The molecular weight excluding hydrogens is 218 g/mol. The average Bonchev–Trinajstić information content (AvgIpc) is 2.26. The second kappa shape index (κ2) is 5.48. The van der Waals surface area contributed by atoms with Crippen LogP contribution in [0.4, 0.5) is 0 Å². The maximum absolute atomic E-state index is 11.6. The fourth-order valence-corrected chi connectivity index (χ4v) is 1.61. The minimum Gasteiger partial charge on any atom is -0.296 e. The van der Waals surface area contributed by atoms with Crippen LogP contribution in [-0.4, -0.2) is 9.55 Å². The van der Waals surface area contributed by atoms with Gasteiger partial charge in [0, 0.05) is 12.2 Å². The van der Waals surface area contributed by atoms with E-state index in [1.54, 1.807) is 6.07 Å². The Labute approximate surface area is 99.7 Å². The minimum atomic E-state index is -0.621. The first-order chi connectivity index (χ1) is 7.95. The van der Waals surface area contributed by atoms with E-state index in [4.69, 9.17) is 5.26 Å². The fraction of sp³-hybridized carbons (Fsp3) is 0.583. The van der Waals surface area contributed by atoms with E-state index in [1.165, 1.54) is 10.8 Å². The number of rotatable bonds is 4. The normalized spacial score (nSPS) is 12.4. The van der Waals surface area contributed by atoms with Gasteiger partial charge in [-0.3, -0.25) is 14.3 Å². The molecule has 1 N–H and O–H groups in total. The lowest BCUT2D eigenvalue weighted by molar-refractivity contribution is 0.425. The Morgan fingerprint density at radius 1 is 1.35 bits per heavy atom. The van der Waals surface area contributed by atoms with E-state index < -0.39 is 11.2 Å². The van der Waals surface area contributed by atoms with Gasteiger partial charge in [-0.25, -0.2) is 4.79 Å². The largest absolute Gasteiger partial charge is 0.328 e. The van der Waals surface area contributed by atoms with Gasteiger partial charge in [0.25, 0.3) is 5.56 Å². The third-order valence-electron chi connectivity index (χ3n) is 2.72. The van der Waals surface area contributed by atoms with Crippen molar-refractivity contribution in [3.8, 4) is 6.07 Å². The lowest BCUT2D eigenvalue weighted by atomic mass is 10.0. The number of nitrogens with one attached hydrogen (secondary N) is 1. The van der Waals surface area contributed by atoms with Gasteiger partial charge in [-0.1, -0.05) is 13.8 Å². The molecule has 5 heteroatoms. The second-order valence-corrected chi connectivity index (χ2v) is 4.64. The van der Waals surface area contributed by atoms with Crippen LogP contribution in [0.5, 0.6) is 0 Å². The van der Waals surface area contributed by atoms with Crippen LogP contribution >= 0.6 is 0 Å². The van der Waals surface area contributed by atoms with Gasteiger partial charge in [-0.15, -0.1) is 0 Å². The van der Waals surface area contributed by atoms with Crippen LogP contribution in [0.15, 0.2) is 15.8 Å². The van der Waals surface area contributed by atoms with Crippen molar-refractivity contribution in [3.63, 3.8) is 0 Å². The molecule has 0 spiro atoms. The van der Waals surface area contributed by atoms with Crippen LogP contribution in [0.2, 0.25) is 0 Å². The molecule has 0 aromatic carbocycles. The molecule has 1 unspecified atom stereocenters. The molecule has 5 nitrogen and oxygen atoms in total. The van der Waals surface area contributed by atoms with Crippen molar-refractivity contribution in [2.75, 3.05) is 0 Å². The molecule has 1 atom stereocenters. The summed E-state index contributed by atoms with van der Waals surface area (Å²) in [5.74, 6) is 0.561. The molecule has 0 fully saturated rings. The molecule has 0 aliphatic carbocycles. The minimum absolute atomic E-state index is 0.0196. The number of nitriles is 1. The Kier molecular flexibility index (Phi) is 4.27. The summed E-state index contributed by atoms with van der Waals surface area (Å²) in [6.07, 6.45) is 3.18. The molecule has 0 saturated heterocycles. The van der Waals surface area contributed by atoms with Crippen LogP contribution in [0.25, 0.3) is 0 Å². The quantitative estimate of drug-likeness (QED) is 0.856. The van der Waals surface area contributed by atoms with Crippen molar-refractivity contribution >= 4 is 0 Å². The third kappa shape index (κ3) is 3.31. The van der Waals surface area contributed by atoms with E-state index in [0.29, 0.717) is 5.92 Å². The number of aromatic nitrogens is 2. The highest BCUT2D eigenvalue weighted by atomic mass is 16.2. The van der Waals surface area contributed by atoms with Gasteiger partial charge in [0.05, 0.1) is 0 Å². The number of hydrogen-bond acceptors (Lipinski definition) is 3. The molecule has 1 aromatic rings. The van der Waals surface area contributed by atoms with E-state index in [0.717, 1.165) is 12.8 Å². The van der Waals surface area contributed by atoms with Gasteiger partial charge in [-0.2, -0.15) is 5.26 Å². The predicted molar refractivity (Wildman–Crippen MR) is 64.8 cm³/mol. The SMILES string of the molecule is CC(C)CCC(C)n1cc(C#N)c(=O)[nH]c1=O. The highest BCUT2D eigenvalue weighted by Gasteiger charge is 2.10. The zero-order chi connectivity index (χ0) is 13.0. The van der Waals surface area contributed by atoms with Crippen molar-refractivity contribution in [2.45, 2.75) is 39.7 Å². The maximum Gasteiger partial charge on any atom is 0.328 e. The Morgan fingerprint density at radius 2 is 2.00 bits per heavy atom. The first-order valence-electron chi connectivity index (χ1n) is 5.71. The molecular formula is C12H17N3O2. The van der Waals surface area contributed by atoms with E-state index in [9.17, 15) is 9.59 Å². The molecule has 0 aliphatic rings. The number of aromatic amines is 1. The molecule has 0 amide bonds. The number of H-pyrrole nitrogens is 1. The van der Waals surface area contributed by atoms with E-state index >= 15 is 0 Å². The molecule has 1 rings (SSSR count). The Bertz CT molecular complexity index is 534. The van der Waals surface area contributed by atoms with Gasteiger partial charge in [0.2, 0.25) is 0 Å². The lowest BCUT2D eigenvalue weighted by Gasteiger charge is -2.15. The summed E-state index contributed by atoms with van der Waals surface area (Å²) in [4.78, 5) is 25.0. The summed E-state index contributed by atoms with van der Waals surface area (Å²) in [5.41, 5.74) is -1.10.